The van der Waals surface area contributed by atoms with Crippen molar-refractivity contribution < 1.29 is 10.2 Å². The van der Waals surface area contributed by atoms with Crippen LogP contribution >= 0.6 is 11.6 Å². The third-order valence-corrected chi connectivity index (χ3v) is 4.75. The molecule has 0 aliphatic carbocycles. The van der Waals surface area contributed by atoms with E-state index in [1.54, 1.807) is 24.5 Å². The number of aromatic nitrogens is 4. The molecule has 3 aromatic rings. The quantitative estimate of drug-likeness (QED) is 0.454. The first kappa shape index (κ1) is 20.2. The van der Waals surface area contributed by atoms with Gasteiger partial charge in [0.25, 0.3) is 0 Å². The van der Waals surface area contributed by atoms with Crippen molar-refractivity contribution in [3.8, 4) is 5.75 Å². The maximum atomic E-state index is 10.0. The molecule has 28 heavy (non-hydrogen) atoms. The summed E-state index contributed by atoms with van der Waals surface area (Å²) in [5.74, 6) is 1.10. The summed E-state index contributed by atoms with van der Waals surface area (Å²) >= 11 is 6.03. The van der Waals surface area contributed by atoms with Crippen LogP contribution in [0.15, 0.2) is 24.5 Å². The highest BCUT2D eigenvalue weighted by Gasteiger charge is 2.17. The smallest absolute Gasteiger partial charge is 0.227 e. The summed E-state index contributed by atoms with van der Waals surface area (Å²) in [6.07, 6.45) is 2.47. The number of hydrogen-bond donors (Lipinski definition) is 4. The third-order valence-electron chi connectivity index (χ3n) is 4.51. The highest BCUT2D eigenvalue weighted by atomic mass is 35.5. The Labute approximate surface area is 168 Å². The summed E-state index contributed by atoms with van der Waals surface area (Å²) < 4.78 is 1.96. The SMILES string of the molecule is CC[C@H](CO)Nc1nc(NCc2cc(Cl)ccc2O)c2ncn(C(C)C)c2n1. The number of anilines is 2. The van der Waals surface area contributed by atoms with Crippen LogP contribution in [0.1, 0.15) is 38.8 Å². The van der Waals surface area contributed by atoms with E-state index >= 15 is 0 Å². The lowest BCUT2D eigenvalue weighted by Gasteiger charge is -2.16. The topological polar surface area (TPSA) is 108 Å². The monoisotopic (exact) mass is 404 g/mol. The maximum absolute atomic E-state index is 10.0. The molecule has 0 fully saturated rings. The first-order valence-corrected chi connectivity index (χ1v) is 9.64. The molecule has 2 heterocycles. The van der Waals surface area contributed by atoms with E-state index in [-0.39, 0.29) is 24.4 Å². The highest BCUT2D eigenvalue weighted by Crippen LogP contribution is 2.26. The van der Waals surface area contributed by atoms with E-state index < -0.39 is 0 Å². The number of aromatic hydroxyl groups is 1. The molecule has 0 saturated carbocycles. The van der Waals surface area contributed by atoms with Gasteiger partial charge in [-0.2, -0.15) is 9.97 Å². The number of halogens is 1. The molecule has 0 aliphatic heterocycles. The van der Waals surface area contributed by atoms with Crippen LogP contribution < -0.4 is 10.6 Å². The van der Waals surface area contributed by atoms with Gasteiger partial charge in [0.15, 0.2) is 17.0 Å². The average Bonchev–Trinajstić information content (AvgIpc) is 3.11. The van der Waals surface area contributed by atoms with Crippen molar-refractivity contribution >= 4 is 34.5 Å². The van der Waals surface area contributed by atoms with Crippen LogP contribution in [0.4, 0.5) is 11.8 Å². The first-order valence-electron chi connectivity index (χ1n) is 9.26. The summed E-state index contributed by atoms with van der Waals surface area (Å²) in [6, 6.07) is 4.93. The van der Waals surface area contributed by atoms with Crippen LogP contribution in [0.3, 0.4) is 0 Å². The van der Waals surface area contributed by atoms with Crippen molar-refractivity contribution in [3.63, 3.8) is 0 Å². The number of fused-ring (bicyclic) bond motifs is 1. The molecular formula is C19H25ClN6O2. The Bertz CT molecular complexity index is 955. The van der Waals surface area contributed by atoms with Gasteiger partial charge in [-0.25, -0.2) is 4.98 Å². The predicted molar refractivity (Wildman–Crippen MR) is 111 cm³/mol. The third kappa shape index (κ3) is 4.28. The van der Waals surface area contributed by atoms with Crippen molar-refractivity contribution in [1.29, 1.82) is 0 Å². The number of rotatable bonds is 8. The van der Waals surface area contributed by atoms with Crippen LogP contribution in [-0.4, -0.2) is 42.4 Å². The van der Waals surface area contributed by atoms with E-state index in [0.29, 0.717) is 40.1 Å². The molecule has 8 nitrogen and oxygen atoms in total. The summed E-state index contributed by atoms with van der Waals surface area (Å²) in [5, 5.41) is 26.5. The number of nitrogens with one attached hydrogen (secondary N) is 2. The van der Waals surface area contributed by atoms with Crippen LogP contribution in [0, 0.1) is 0 Å². The van der Waals surface area contributed by atoms with E-state index in [1.807, 2.05) is 11.5 Å². The Morgan fingerprint density at radius 1 is 1.25 bits per heavy atom. The molecule has 0 radical (unpaired) electrons. The fourth-order valence-electron chi connectivity index (χ4n) is 2.82. The summed E-state index contributed by atoms with van der Waals surface area (Å²) in [6.45, 7) is 6.39. The Morgan fingerprint density at radius 3 is 2.71 bits per heavy atom. The Hall–Kier alpha value is -2.58. The molecule has 9 heteroatoms. The van der Waals surface area contributed by atoms with E-state index in [1.165, 1.54) is 0 Å². The number of hydrogen-bond acceptors (Lipinski definition) is 7. The van der Waals surface area contributed by atoms with E-state index in [9.17, 15) is 10.2 Å². The van der Waals surface area contributed by atoms with Gasteiger partial charge in [-0.1, -0.05) is 18.5 Å². The standard InChI is InChI=1S/C19H25ClN6O2/c1-4-14(9-27)23-19-24-17(16-18(25-19)26(10-22-16)11(2)3)21-8-12-7-13(20)5-6-15(12)28/h5-7,10-11,14,27-28H,4,8-9H2,1-3H3,(H2,21,23,24,25)/t14-/m1/s1. The molecule has 0 unspecified atom stereocenters. The summed E-state index contributed by atoms with van der Waals surface area (Å²) in [7, 11) is 0. The Balaban J connectivity index is 1.98. The number of benzene rings is 1. The number of aliphatic hydroxyl groups is 1. The molecule has 0 aliphatic rings. The predicted octanol–water partition coefficient (Wildman–Crippen LogP) is 3.56. The zero-order valence-electron chi connectivity index (χ0n) is 16.1. The first-order chi connectivity index (χ1) is 13.4. The molecule has 1 atom stereocenters. The van der Waals surface area contributed by atoms with Crippen molar-refractivity contribution in [3.05, 3.63) is 35.1 Å². The van der Waals surface area contributed by atoms with Gasteiger partial charge >= 0.3 is 0 Å². The lowest BCUT2D eigenvalue weighted by molar-refractivity contribution is 0.271. The van der Waals surface area contributed by atoms with Crippen molar-refractivity contribution in [1.82, 2.24) is 19.5 Å². The second kappa shape index (κ2) is 8.62. The zero-order valence-corrected chi connectivity index (χ0v) is 16.9. The van der Waals surface area contributed by atoms with Crippen molar-refractivity contribution in [2.75, 3.05) is 17.2 Å². The van der Waals surface area contributed by atoms with E-state index in [4.69, 9.17) is 11.6 Å². The molecule has 0 spiro atoms. The van der Waals surface area contributed by atoms with Crippen LogP contribution in [0.2, 0.25) is 5.02 Å². The van der Waals surface area contributed by atoms with Gasteiger partial charge in [-0.15, -0.1) is 0 Å². The average molecular weight is 405 g/mol. The molecule has 2 aromatic heterocycles. The van der Waals surface area contributed by atoms with Gasteiger partial charge in [0, 0.05) is 23.2 Å². The molecule has 4 N–H and O–H groups in total. The largest absolute Gasteiger partial charge is 0.508 e. The molecule has 0 amide bonds. The summed E-state index contributed by atoms with van der Waals surface area (Å²) in [4.78, 5) is 13.6. The molecule has 0 saturated heterocycles. The highest BCUT2D eigenvalue weighted by molar-refractivity contribution is 6.30. The number of aliphatic hydroxyl groups excluding tert-OH is 1. The normalized spacial score (nSPS) is 12.5. The van der Waals surface area contributed by atoms with Gasteiger partial charge in [0.05, 0.1) is 19.0 Å². The van der Waals surface area contributed by atoms with Crippen molar-refractivity contribution in [2.45, 2.75) is 45.8 Å². The second-order valence-electron chi connectivity index (χ2n) is 6.87. The lowest BCUT2D eigenvalue weighted by Crippen LogP contribution is -2.24. The fraction of sp³-hybridized carbons (Fsp3) is 0.421. The minimum Gasteiger partial charge on any atom is -0.508 e. The Kier molecular flexibility index (Phi) is 6.21. The molecular weight excluding hydrogens is 380 g/mol. The van der Waals surface area contributed by atoms with E-state index in [2.05, 4.69) is 39.4 Å². The number of imidazole rings is 1. The van der Waals surface area contributed by atoms with Gasteiger partial charge in [0.2, 0.25) is 5.95 Å². The molecule has 1 aromatic carbocycles. The van der Waals surface area contributed by atoms with Crippen LogP contribution in [-0.2, 0) is 6.54 Å². The maximum Gasteiger partial charge on any atom is 0.227 e. The number of nitrogens with zero attached hydrogens (tertiary/aromatic N) is 4. The summed E-state index contributed by atoms with van der Waals surface area (Å²) in [5.41, 5.74) is 1.98. The number of phenolic OH excluding ortho intramolecular Hbond substituents is 1. The van der Waals surface area contributed by atoms with Gasteiger partial charge in [0.1, 0.15) is 5.75 Å². The van der Waals surface area contributed by atoms with Gasteiger partial charge in [-0.05, 0) is 38.5 Å². The van der Waals surface area contributed by atoms with E-state index in [0.717, 1.165) is 6.42 Å². The van der Waals surface area contributed by atoms with Crippen LogP contribution in [0.5, 0.6) is 5.75 Å². The number of phenols is 1. The second-order valence-corrected chi connectivity index (χ2v) is 7.31. The van der Waals surface area contributed by atoms with Crippen molar-refractivity contribution in [2.24, 2.45) is 0 Å². The Morgan fingerprint density at radius 2 is 2.04 bits per heavy atom. The minimum absolute atomic E-state index is 0.0134. The van der Waals surface area contributed by atoms with Gasteiger partial charge < -0.3 is 25.4 Å². The van der Waals surface area contributed by atoms with Crippen LogP contribution in [0.25, 0.3) is 11.2 Å². The van der Waals surface area contributed by atoms with Gasteiger partial charge in [-0.3, -0.25) is 0 Å². The molecule has 0 bridgehead atoms. The fourth-order valence-corrected chi connectivity index (χ4v) is 3.01. The minimum atomic E-state index is -0.141. The molecule has 150 valence electrons. The molecule has 3 rings (SSSR count). The lowest BCUT2D eigenvalue weighted by atomic mass is 10.2. The zero-order chi connectivity index (χ0) is 20.3.